The molecule has 0 saturated heterocycles. The monoisotopic (exact) mass is 645 g/mol. The number of amidine groups is 1. The normalized spacial score (nSPS) is 13.5. The number of nitrogens with zero attached hydrogens (tertiary/aromatic N) is 3. The third kappa shape index (κ3) is 10.1. The summed E-state index contributed by atoms with van der Waals surface area (Å²) in [4.78, 5) is 22.4. The van der Waals surface area contributed by atoms with Crippen molar-refractivity contribution >= 4 is 35.2 Å². The second-order valence-electron chi connectivity index (χ2n) is 10.7. The van der Waals surface area contributed by atoms with Crippen molar-refractivity contribution in [3.63, 3.8) is 0 Å². The number of hydrogen-bond donors (Lipinski definition) is 4. The maximum absolute atomic E-state index is 13.7. The van der Waals surface area contributed by atoms with Crippen molar-refractivity contribution in [3.8, 4) is 0 Å². The average molecular weight is 646 g/mol. The van der Waals surface area contributed by atoms with Crippen LogP contribution in [0.25, 0.3) is 5.57 Å². The predicted molar refractivity (Wildman–Crippen MR) is 192 cm³/mol. The number of nitrogen functional groups attached to an aromatic ring is 1. The molecule has 0 fully saturated rings. The number of aliphatic imine (C=N–C) groups is 2. The molecule has 1 aliphatic rings. The summed E-state index contributed by atoms with van der Waals surface area (Å²) in [7, 11) is 0. The van der Waals surface area contributed by atoms with Gasteiger partial charge in [-0.1, -0.05) is 89.3 Å². The zero-order valence-electron chi connectivity index (χ0n) is 28.9. The number of halogens is 2. The molecule has 8 nitrogen and oxygen atoms in total. The van der Waals surface area contributed by atoms with E-state index in [4.69, 9.17) is 10.7 Å². The minimum Gasteiger partial charge on any atom is -0.384 e. The van der Waals surface area contributed by atoms with Crippen LogP contribution in [0.15, 0.2) is 82.3 Å². The van der Waals surface area contributed by atoms with Gasteiger partial charge in [0.25, 0.3) is 5.91 Å². The van der Waals surface area contributed by atoms with Gasteiger partial charge >= 0.3 is 0 Å². The van der Waals surface area contributed by atoms with Crippen LogP contribution in [0.4, 0.5) is 20.4 Å². The quantitative estimate of drug-likeness (QED) is 0.0767. The van der Waals surface area contributed by atoms with Crippen LogP contribution in [0.2, 0.25) is 0 Å². The number of rotatable bonds is 10. The lowest BCUT2D eigenvalue weighted by molar-refractivity contribution is -0.117. The summed E-state index contributed by atoms with van der Waals surface area (Å²) in [5.41, 5.74) is 12.6. The first-order chi connectivity index (χ1) is 22.5. The number of nitrogens with one attached hydrogen (secondary N) is 3. The number of aromatic amines is 1. The van der Waals surface area contributed by atoms with Crippen LogP contribution in [-0.4, -0.2) is 34.2 Å². The van der Waals surface area contributed by atoms with E-state index in [-0.39, 0.29) is 18.2 Å². The van der Waals surface area contributed by atoms with Gasteiger partial charge in [-0.2, -0.15) is 5.10 Å². The lowest BCUT2D eigenvalue weighted by Gasteiger charge is -2.20. The Bertz CT molecular complexity index is 1630. The van der Waals surface area contributed by atoms with Crippen LogP contribution in [0.5, 0.6) is 0 Å². The van der Waals surface area contributed by atoms with Crippen molar-refractivity contribution in [2.45, 2.75) is 86.9 Å². The first-order valence-electron chi connectivity index (χ1n) is 16.1. The molecule has 0 radical (unpaired) electrons. The topological polar surface area (TPSA) is 121 Å². The van der Waals surface area contributed by atoms with Crippen molar-refractivity contribution in [1.29, 1.82) is 0 Å². The molecule has 2 atom stereocenters. The van der Waals surface area contributed by atoms with E-state index in [0.717, 1.165) is 46.4 Å². The number of aromatic nitrogens is 2. The van der Waals surface area contributed by atoms with Gasteiger partial charge < -0.3 is 16.4 Å². The molecular formula is C37H49F2N7O. The van der Waals surface area contributed by atoms with Gasteiger partial charge in [-0.3, -0.25) is 14.9 Å². The van der Waals surface area contributed by atoms with Crippen LogP contribution in [0.3, 0.4) is 0 Å². The summed E-state index contributed by atoms with van der Waals surface area (Å²) >= 11 is 0. The maximum atomic E-state index is 13.7. The number of carbonyl (C=O) groups is 1. The summed E-state index contributed by atoms with van der Waals surface area (Å²) in [5, 5.41) is 13.0. The Balaban J connectivity index is 0.00000185. The Morgan fingerprint density at radius 2 is 1.70 bits per heavy atom. The van der Waals surface area contributed by atoms with Gasteiger partial charge in [0.05, 0.1) is 18.2 Å². The number of fused-ring (bicyclic) bond motifs is 1. The molecule has 47 heavy (non-hydrogen) atoms. The Morgan fingerprint density at radius 3 is 2.30 bits per heavy atom. The SMILES string of the molecule is C=C(C(=O)NC(C)c1ccc(F)c(F)c1)C(=NCc1ccc(C2=C(CC)Cc3c(n[nH]c3N)N=C2)cc1)NC(C)C(=C)C.CC.CC. The van der Waals surface area contributed by atoms with E-state index < -0.39 is 23.6 Å². The second kappa shape index (κ2) is 18.3. The van der Waals surface area contributed by atoms with E-state index in [1.54, 1.807) is 6.92 Å². The number of anilines is 1. The minimum atomic E-state index is -0.979. The van der Waals surface area contributed by atoms with Gasteiger partial charge in [-0.25, -0.2) is 13.8 Å². The number of hydrogen-bond acceptors (Lipinski definition) is 5. The zero-order valence-corrected chi connectivity index (χ0v) is 28.9. The molecule has 5 N–H and O–H groups in total. The third-order valence-corrected chi connectivity index (χ3v) is 7.52. The zero-order chi connectivity index (χ0) is 35.3. The lowest BCUT2D eigenvalue weighted by Crippen LogP contribution is -2.39. The highest BCUT2D eigenvalue weighted by Gasteiger charge is 2.20. The molecule has 0 saturated carbocycles. The molecule has 1 aliphatic heterocycles. The fourth-order valence-electron chi connectivity index (χ4n) is 4.54. The van der Waals surface area contributed by atoms with Crippen LogP contribution < -0.4 is 16.4 Å². The first-order valence-corrected chi connectivity index (χ1v) is 16.1. The number of nitrogens with two attached hydrogens (primary N) is 1. The summed E-state index contributed by atoms with van der Waals surface area (Å²) in [6.07, 6.45) is 3.35. The van der Waals surface area contributed by atoms with Crippen LogP contribution in [0.1, 0.15) is 90.1 Å². The lowest BCUT2D eigenvalue weighted by atomic mass is 9.94. The Hall–Kier alpha value is -4.86. The van der Waals surface area contributed by atoms with E-state index in [1.807, 2.05) is 72.0 Å². The van der Waals surface area contributed by atoms with Crippen molar-refractivity contribution in [2.75, 3.05) is 5.73 Å². The Kier molecular flexibility index (Phi) is 14.9. The number of allylic oxidation sites excluding steroid dienone is 2. The van der Waals surface area contributed by atoms with Crippen molar-refractivity contribution in [1.82, 2.24) is 20.8 Å². The highest BCUT2D eigenvalue weighted by Crippen LogP contribution is 2.32. The molecule has 4 rings (SSSR count). The second-order valence-corrected chi connectivity index (χ2v) is 10.7. The molecule has 10 heteroatoms. The van der Waals surface area contributed by atoms with Crippen LogP contribution in [0, 0.1) is 11.6 Å². The van der Waals surface area contributed by atoms with Crippen molar-refractivity contribution < 1.29 is 13.6 Å². The molecule has 0 spiro atoms. The van der Waals surface area contributed by atoms with E-state index in [2.05, 4.69) is 45.9 Å². The summed E-state index contributed by atoms with van der Waals surface area (Å²) in [6, 6.07) is 10.8. The molecule has 2 unspecified atom stereocenters. The van der Waals surface area contributed by atoms with Crippen molar-refractivity contribution in [2.24, 2.45) is 9.98 Å². The molecule has 1 amide bonds. The standard InChI is InChI=1S/C33H37F2N7O.2C2H6/c1-7-23-14-26-30(36)41-42-32(26)38-17-27(23)24-10-8-22(9-11-24)16-37-31(39-20(5)18(2)3)19(4)33(43)40-21(6)25-12-13-28(34)29(35)15-25;2*1-2/h8-13,15,17,20-21H,2,4,7,14,16H2,1,3,5-6H3,(H,37,39)(H,40,43)(H3,36,41,42);2*1-2H3. The minimum absolute atomic E-state index is 0.114. The Labute approximate surface area is 278 Å². The van der Waals surface area contributed by atoms with Gasteiger partial charge in [0, 0.05) is 24.2 Å². The smallest absolute Gasteiger partial charge is 0.254 e. The highest BCUT2D eigenvalue weighted by atomic mass is 19.2. The number of benzene rings is 2. The van der Waals surface area contributed by atoms with Gasteiger partial charge in [0.15, 0.2) is 17.5 Å². The molecule has 2 aromatic carbocycles. The molecule has 252 valence electrons. The van der Waals surface area contributed by atoms with Gasteiger partial charge in [-0.05, 0) is 61.6 Å². The van der Waals surface area contributed by atoms with E-state index in [1.165, 1.54) is 11.6 Å². The summed E-state index contributed by atoms with van der Waals surface area (Å²) < 4.78 is 27.1. The summed E-state index contributed by atoms with van der Waals surface area (Å²) in [6.45, 7) is 23.8. The predicted octanol–water partition coefficient (Wildman–Crippen LogP) is 8.33. The van der Waals surface area contributed by atoms with E-state index in [0.29, 0.717) is 29.5 Å². The van der Waals surface area contributed by atoms with E-state index >= 15 is 0 Å². The maximum Gasteiger partial charge on any atom is 0.254 e. The molecule has 2 heterocycles. The Morgan fingerprint density at radius 1 is 1.04 bits per heavy atom. The first kappa shape index (κ1) is 38.3. The number of amides is 1. The fourth-order valence-corrected chi connectivity index (χ4v) is 4.54. The van der Waals surface area contributed by atoms with Crippen LogP contribution in [-0.2, 0) is 17.8 Å². The van der Waals surface area contributed by atoms with Gasteiger partial charge in [0.2, 0.25) is 0 Å². The molecule has 0 aliphatic carbocycles. The molecular weight excluding hydrogens is 596 g/mol. The molecule has 1 aromatic heterocycles. The number of H-pyrrole nitrogens is 1. The summed E-state index contributed by atoms with van der Waals surface area (Å²) in [5.74, 6) is -0.959. The third-order valence-electron chi connectivity index (χ3n) is 7.52. The fraction of sp³-hybridized carbons (Fsp3) is 0.351. The molecule has 3 aromatic rings. The van der Waals surface area contributed by atoms with Gasteiger partial charge in [-0.15, -0.1) is 0 Å². The van der Waals surface area contributed by atoms with Gasteiger partial charge in [0.1, 0.15) is 11.7 Å². The van der Waals surface area contributed by atoms with E-state index in [9.17, 15) is 13.6 Å². The van der Waals surface area contributed by atoms with Crippen LogP contribution >= 0.6 is 0 Å². The largest absolute Gasteiger partial charge is 0.384 e. The average Bonchev–Trinajstić information content (AvgIpc) is 3.31. The molecule has 0 bridgehead atoms. The highest BCUT2D eigenvalue weighted by molar-refractivity contribution is 6.20. The number of carbonyl (C=O) groups excluding carboxylic acids is 1. The van der Waals surface area contributed by atoms with Crippen molar-refractivity contribution in [3.05, 3.63) is 106 Å².